The van der Waals surface area contributed by atoms with E-state index in [1.165, 1.54) is 0 Å². The third kappa shape index (κ3) is 5.55. The van der Waals surface area contributed by atoms with Crippen molar-refractivity contribution in [3.63, 3.8) is 0 Å². The molecule has 3 aromatic heterocycles. The van der Waals surface area contributed by atoms with E-state index in [0.29, 0.717) is 5.82 Å². The zero-order valence-electron chi connectivity index (χ0n) is 31.0. The van der Waals surface area contributed by atoms with Crippen LogP contribution in [0.2, 0.25) is 0 Å². The first-order valence-electron chi connectivity index (χ1n) is 18.1. The van der Waals surface area contributed by atoms with Crippen LogP contribution in [0.5, 0.6) is 0 Å². The molecule has 0 bridgehead atoms. The minimum Gasteiger partial charge on any atom is -0.357 e. The molecule has 0 aliphatic rings. The SMILES string of the molecule is [2H]C([2H])([2H])c1ccnc(-n2c3[c-]c(N(c4[c-]c(-n5[cH+]n(-c6ccccc6)c6ccccc65)ccc4)c4c(C)cccc4C)ccc3c3ccccc32)c1.[Pt]. The molecule has 6 aromatic carbocycles. The van der Waals surface area contributed by atoms with Gasteiger partial charge in [-0.15, -0.1) is 29.7 Å². The smallest absolute Gasteiger partial charge is 0.168 e. The van der Waals surface area contributed by atoms with Crippen LogP contribution in [-0.4, -0.2) is 18.7 Å². The molecule has 0 saturated carbocycles. The number of imidazole rings is 1. The molecule has 0 amide bonds. The third-order valence-electron chi connectivity index (χ3n) is 9.38. The number of benzene rings is 6. The van der Waals surface area contributed by atoms with Gasteiger partial charge in [-0.3, -0.25) is 0 Å². The molecule has 9 aromatic rings. The fraction of sp³-hybridized carbons (Fsp3) is 0.0667. The van der Waals surface area contributed by atoms with Crippen molar-refractivity contribution in [2.75, 3.05) is 4.90 Å². The fourth-order valence-corrected chi connectivity index (χ4v) is 7.13. The fourth-order valence-electron chi connectivity index (χ4n) is 7.13. The maximum atomic E-state index is 8.09. The second-order valence-electron chi connectivity index (χ2n) is 12.5. The Bertz CT molecular complexity index is 2800. The average Bonchev–Trinajstić information content (AvgIpc) is 3.73. The van der Waals surface area contributed by atoms with E-state index in [0.717, 1.165) is 72.4 Å². The minimum atomic E-state index is -2.27. The molecule has 250 valence electrons. The van der Waals surface area contributed by atoms with Crippen LogP contribution in [0.3, 0.4) is 0 Å². The molecule has 0 atom stereocenters. The molecule has 51 heavy (non-hydrogen) atoms. The van der Waals surface area contributed by atoms with Gasteiger partial charge >= 0.3 is 0 Å². The Hall–Kier alpha value is -5.77. The summed E-state index contributed by atoms with van der Waals surface area (Å²) in [6.07, 6.45) is 3.69. The number of rotatable bonds is 6. The van der Waals surface area contributed by atoms with E-state index < -0.39 is 6.85 Å². The number of hydrogen-bond donors (Lipinski definition) is 0. The predicted molar refractivity (Wildman–Crippen MR) is 206 cm³/mol. The van der Waals surface area contributed by atoms with Crippen LogP contribution >= 0.6 is 0 Å². The zero-order valence-corrected chi connectivity index (χ0v) is 30.3. The van der Waals surface area contributed by atoms with Gasteiger partial charge in [0.1, 0.15) is 11.5 Å². The largest absolute Gasteiger partial charge is 0.357 e. The summed E-state index contributed by atoms with van der Waals surface area (Å²) in [6.45, 7) is 1.99. The van der Waals surface area contributed by atoms with Crippen LogP contribution < -0.4 is 4.90 Å². The van der Waals surface area contributed by atoms with Crippen molar-refractivity contribution < 1.29 is 25.2 Å². The van der Waals surface area contributed by atoms with E-state index in [-0.39, 0.29) is 26.6 Å². The number of anilines is 3. The summed E-state index contributed by atoms with van der Waals surface area (Å²) in [6, 6.07) is 54.5. The quantitative estimate of drug-likeness (QED) is 0.156. The molecule has 3 heterocycles. The van der Waals surface area contributed by atoms with Gasteiger partial charge in [-0.1, -0.05) is 89.7 Å². The molecule has 0 N–H and O–H groups in total. The summed E-state index contributed by atoms with van der Waals surface area (Å²) in [4.78, 5) is 6.90. The Kier molecular flexibility index (Phi) is 7.49. The first-order valence-corrected chi connectivity index (χ1v) is 16.6. The molecule has 0 fully saturated rings. The van der Waals surface area contributed by atoms with Crippen molar-refractivity contribution in [3.8, 4) is 17.2 Å². The molecule has 9 rings (SSSR count). The molecule has 0 unspecified atom stereocenters. The first-order chi connectivity index (χ1) is 25.8. The molecule has 0 aliphatic carbocycles. The maximum absolute atomic E-state index is 8.09. The van der Waals surface area contributed by atoms with Crippen molar-refractivity contribution in [1.29, 1.82) is 0 Å². The van der Waals surface area contributed by atoms with Gasteiger partial charge < -0.3 is 9.47 Å². The molecule has 6 heteroatoms. The molecular weight excluding hydrogens is 806 g/mol. The van der Waals surface area contributed by atoms with Crippen LogP contribution in [0.4, 0.5) is 17.1 Å². The van der Waals surface area contributed by atoms with E-state index in [1.807, 2.05) is 28.8 Å². The van der Waals surface area contributed by atoms with E-state index in [1.54, 1.807) is 18.3 Å². The monoisotopic (exact) mass is 842 g/mol. The summed E-state index contributed by atoms with van der Waals surface area (Å²) in [7, 11) is 0. The molecule has 0 spiro atoms. The molecule has 0 radical (unpaired) electrons. The molecule has 0 aliphatic heterocycles. The Morgan fingerprint density at radius 3 is 2.12 bits per heavy atom. The number of aryl methyl sites for hydroxylation is 3. The number of hydrogen-bond acceptors (Lipinski definition) is 2. The average molecular weight is 843 g/mol. The van der Waals surface area contributed by atoms with Gasteiger partial charge in [0, 0.05) is 60.4 Å². The molecule has 0 saturated heterocycles. The van der Waals surface area contributed by atoms with Gasteiger partial charge in [0.2, 0.25) is 0 Å². The normalized spacial score (nSPS) is 12.4. The van der Waals surface area contributed by atoms with Gasteiger partial charge in [0.15, 0.2) is 17.4 Å². The Morgan fingerprint density at radius 2 is 1.33 bits per heavy atom. The van der Waals surface area contributed by atoms with E-state index in [4.69, 9.17) is 4.11 Å². The number of aromatic nitrogens is 4. The van der Waals surface area contributed by atoms with Crippen LogP contribution in [0, 0.1) is 32.8 Å². The topological polar surface area (TPSA) is 30.9 Å². The van der Waals surface area contributed by atoms with Gasteiger partial charge in [-0.25, -0.2) is 9.55 Å². The maximum Gasteiger partial charge on any atom is 0.168 e. The number of pyridine rings is 1. The van der Waals surface area contributed by atoms with Crippen molar-refractivity contribution in [3.05, 3.63) is 181 Å². The third-order valence-corrected chi connectivity index (χ3v) is 9.38. The van der Waals surface area contributed by atoms with Crippen LogP contribution in [-0.2, 0) is 21.1 Å². The zero-order chi connectivity index (χ0) is 36.3. The second-order valence-corrected chi connectivity index (χ2v) is 12.5. The Labute approximate surface area is 316 Å². The standard InChI is InChI=1S/C45H34N5.Pt/c1-31-25-26-46-44(27-31)50-40-20-8-7-19-38(40)39-24-23-37(29-43(39)50)49(45-32(2)13-11-14-33(45)3)36-18-12-17-35(28-36)48-30-47(34-15-5-4-6-16-34)41-21-9-10-22-42(41)48;/h4-27,30H,1-3H3;/q-1;/i1D3;. The van der Waals surface area contributed by atoms with Crippen LogP contribution in [0.25, 0.3) is 50.0 Å². The van der Waals surface area contributed by atoms with Crippen LogP contribution in [0.1, 0.15) is 20.8 Å². The second kappa shape index (κ2) is 13.2. The first kappa shape index (κ1) is 29.0. The molecular formula is C45H34N5Pt-. The van der Waals surface area contributed by atoms with Gasteiger partial charge in [0.05, 0.1) is 0 Å². The van der Waals surface area contributed by atoms with Gasteiger partial charge in [0.25, 0.3) is 0 Å². The van der Waals surface area contributed by atoms with Gasteiger partial charge in [-0.05, 0) is 73.1 Å². The summed E-state index contributed by atoms with van der Waals surface area (Å²) >= 11 is 0. The van der Waals surface area contributed by atoms with E-state index in [9.17, 15) is 0 Å². The van der Waals surface area contributed by atoms with Crippen molar-refractivity contribution >= 4 is 49.9 Å². The van der Waals surface area contributed by atoms with Crippen molar-refractivity contribution in [2.24, 2.45) is 0 Å². The number of nitrogens with zero attached hydrogens (tertiary/aromatic N) is 5. The van der Waals surface area contributed by atoms with Gasteiger partial charge in [-0.2, -0.15) is 16.7 Å². The minimum absolute atomic E-state index is 0. The number of para-hydroxylation sites is 5. The van der Waals surface area contributed by atoms with Crippen LogP contribution in [0.15, 0.2) is 152 Å². The Morgan fingerprint density at radius 1 is 0.647 bits per heavy atom. The summed E-state index contributed by atoms with van der Waals surface area (Å²) in [5.41, 5.74) is 11.0. The van der Waals surface area contributed by atoms with Crippen molar-refractivity contribution in [2.45, 2.75) is 20.7 Å². The predicted octanol–water partition coefficient (Wildman–Crippen LogP) is 11.2. The Balaban J connectivity index is 0.00000413. The molecule has 5 nitrogen and oxygen atoms in total. The summed E-state index contributed by atoms with van der Waals surface area (Å²) < 4.78 is 30.7. The number of fused-ring (bicyclic) bond motifs is 4. The van der Waals surface area contributed by atoms with E-state index >= 15 is 0 Å². The van der Waals surface area contributed by atoms with E-state index in [2.05, 4.69) is 154 Å². The van der Waals surface area contributed by atoms with Crippen molar-refractivity contribution in [1.82, 2.24) is 18.7 Å². The summed E-state index contributed by atoms with van der Waals surface area (Å²) in [5.74, 6) is 0.525. The summed E-state index contributed by atoms with van der Waals surface area (Å²) in [5, 5.41) is 2.03.